The first-order valence-corrected chi connectivity index (χ1v) is 9.62. The van der Waals surface area contributed by atoms with Gasteiger partial charge in [-0.15, -0.1) is 21.5 Å². The molecule has 0 unspecified atom stereocenters. The smallest absolute Gasteiger partial charge is 0.255 e. The molecule has 136 valence electrons. The minimum Gasteiger partial charge on any atom is -0.419 e. The molecular weight excluding hydrogens is 370 g/mol. The highest BCUT2D eigenvalue weighted by Gasteiger charge is 2.21. The second kappa shape index (κ2) is 8.01. The van der Waals surface area contributed by atoms with Crippen LogP contribution in [0.4, 0.5) is 0 Å². The van der Waals surface area contributed by atoms with Crippen LogP contribution < -0.4 is 0 Å². The SMILES string of the molecule is CCCN(Cc1nnc(-c2ccccc2Cl)o1)C(=O)c1cc(C)sc1C. The number of thiophene rings is 1. The maximum atomic E-state index is 12.9. The van der Waals surface area contributed by atoms with Gasteiger partial charge < -0.3 is 9.32 Å². The lowest BCUT2D eigenvalue weighted by molar-refractivity contribution is 0.0728. The quantitative estimate of drug-likeness (QED) is 0.587. The summed E-state index contributed by atoms with van der Waals surface area (Å²) in [7, 11) is 0. The molecule has 1 amide bonds. The van der Waals surface area contributed by atoms with Crippen LogP contribution in [0.25, 0.3) is 11.5 Å². The predicted octanol–water partition coefficient (Wildman–Crippen LogP) is 5.12. The fourth-order valence-electron chi connectivity index (χ4n) is 2.76. The third-order valence-electron chi connectivity index (χ3n) is 3.95. The van der Waals surface area contributed by atoms with Crippen molar-refractivity contribution in [3.8, 4) is 11.5 Å². The van der Waals surface area contributed by atoms with Gasteiger partial charge in [0.25, 0.3) is 5.91 Å². The lowest BCUT2D eigenvalue weighted by Crippen LogP contribution is -2.31. The van der Waals surface area contributed by atoms with E-state index in [0.29, 0.717) is 28.9 Å². The number of rotatable bonds is 6. The number of aromatic nitrogens is 2. The molecule has 0 spiro atoms. The molecule has 0 saturated carbocycles. The number of halogens is 1. The molecule has 5 nitrogen and oxygen atoms in total. The van der Waals surface area contributed by atoms with Crippen LogP contribution in [0, 0.1) is 13.8 Å². The molecule has 2 aromatic heterocycles. The summed E-state index contributed by atoms with van der Waals surface area (Å²) in [4.78, 5) is 16.8. The van der Waals surface area contributed by atoms with Crippen molar-refractivity contribution < 1.29 is 9.21 Å². The predicted molar refractivity (Wildman–Crippen MR) is 104 cm³/mol. The summed E-state index contributed by atoms with van der Waals surface area (Å²) in [6, 6.07) is 9.24. The summed E-state index contributed by atoms with van der Waals surface area (Å²) in [5, 5.41) is 8.72. The summed E-state index contributed by atoms with van der Waals surface area (Å²) >= 11 is 7.81. The zero-order valence-electron chi connectivity index (χ0n) is 15.0. The van der Waals surface area contributed by atoms with Gasteiger partial charge >= 0.3 is 0 Å². The number of aryl methyl sites for hydroxylation is 2. The van der Waals surface area contributed by atoms with Crippen LogP contribution in [-0.4, -0.2) is 27.5 Å². The molecule has 0 aliphatic rings. The largest absolute Gasteiger partial charge is 0.419 e. The Morgan fingerprint density at radius 1 is 1.27 bits per heavy atom. The van der Waals surface area contributed by atoms with Crippen molar-refractivity contribution in [2.24, 2.45) is 0 Å². The van der Waals surface area contributed by atoms with Gasteiger partial charge in [0.15, 0.2) is 0 Å². The van der Waals surface area contributed by atoms with Crippen LogP contribution in [0.3, 0.4) is 0 Å². The zero-order chi connectivity index (χ0) is 18.7. The van der Waals surface area contributed by atoms with Crippen LogP contribution in [0.1, 0.15) is 39.3 Å². The summed E-state index contributed by atoms with van der Waals surface area (Å²) < 4.78 is 5.75. The van der Waals surface area contributed by atoms with Gasteiger partial charge in [-0.2, -0.15) is 0 Å². The standard InChI is InChI=1S/C19H20ClN3O2S/c1-4-9-23(19(24)15-10-12(2)26-13(15)3)11-17-21-22-18(25-17)14-7-5-6-8-16(14)20/h5-8,10H,4,9,11H2,1-3H3. The number of amides is 1. The van der Waals surface area contributed by atoms with Gasteiger partial charge in [0, 0.05) is 16.3 Å². The van der Waals surface area contributed by atoms with Crippen molar-refractivity contribution in [3.05, 3.63) is 56.6 Å². The molecule has 0 N–H and O–H groups in total. The average Bonchev–Trinajstić information content (AvgIpc) is 3.20. The Hall–Kier alpha value is -2.18. The van der Waals surface area contributed by atoms with Gasteiger partial charge in [-0.3, -0.25) is 4.79 Å². The highest BCUT2D eigenvalue weighted by Crippen LogP contribution is 2.27. The summed E-state index contributed by atoms with van der Waals surface area (Å²) in [5.74, 6) is 0.745. The van der Waals surface area contributed by atoms with Gasteiger partial charge in [0.05, 0.1) is 22.7 Å². The van der Waals surface area contributed by atoms with Crippen molar-refractivity contribution in [2.75, 3.05) is 6.54 Å². The maximum Gasteiger partial charge on any atom is 0.255 e. The van der Waals surface area contributed by atoms with Crippen LogP contribution in [-0.2, 0) is 6.54 Å². The van der Waals surface area contributed by atoms with Crippen LogP contribution in [0.15, 0.2) is 34.7 Å². The summed E-state index contributed by atoms with van der Waals surface area (Å²) in [6.07, 6.45) is 0.847. The minimum absolute atomic E-state index is 0.00815. The van der Waals surface area contributed by atoms with Crippen molar-refractivity contribution in [1.82, 2.24) is 15.1 Å². The van der Waals surface area contributed by atoms with E-state index in [0.717, 1.165) is 21.7 Å². The van der Waals surface area contributed by atoms with E-state index in [2.05, 4.69) is 10.2 Å². The number of hydrogen-bond donors (Lipinski definition) is 0. The fraction of sp³-hybridized carbons (Fsp3) is 0.316. The third kappa shape index (κ3) is 3.97. The molecule has 0 bridgehead atoms. The van der Waals surface area contributed by atoms with E-state index in [-0.39, 0.29) is 12.5 Å². The van der Waals surface area contributed by atoms with Crippen molar-refractivity contribution >= 4 is 28.8 Å². The van der Waals surface area contributed by atoms with E-state index in [1.165, 1.54) is 0 Å². The molecule has 0 aliphatic carbocycles. The van der Waals surface area contributed by atoms with Crippen LogP contribution in [0.2, 0.25) is 5.02 Å². The molecule has 7 heteroatoms. The van der Waals surface area contributed by atoms with E-state index >= 15 is 0 Å². The van der Waals surface area contributed by atoms with E-state index < -0.39 is 0 Å². The molecule has 0 aliphatic heterocycles. The summed E-state index contributed by atoms with van der Waals surface area (Å²) in [5.41, 5.74) is 1.43. The van der Waals surface area contributed by atoms with E-state index in [4.69, 9.17) is 16.0 Å². The first kappa shape index (κ1) is 18.6. The van der Waals surface area contributed by atoms with Gasteiger partial charge in [-0.05, 0) is 38.5 Å². The molecule has 3 aromatic rings. The molecule has 0 saturated heterocycles. The van der Waals surface area contributed by atoms with E-state index in [1.807, 2.05) is 45.0 Å². The van der Waals surface area contributed by atoms with Gasteiger partial charge in [0.2, 0.25) is 11.8 Å². The third-order valence-corrected chi connectivity index (χ3v) is 5.24. The van der Waals surface area contributed by atoms with E-state index in [1.54, 1.807) is 22.3 Å². The Bertz CT molecular complexity index is 919. The number of hydrogen-bond acceptors (Lipinski definition) is 5. The number of benzene rings is 1. The molecule has 26 heavy (non-hydrogen) atoms. The monoisotopic (exact) mass is 389 g/mol. The highest BCUT2D eigenvalue weighted by atomic mass is 35.5. The van der Waals surface area contributed by atoms with Gasteiger partial charge in [-0.25, -0.2) is 0 Å². The zero-order valence-corrected chi connectivity index (χ0v) is 16.5. The topological polar surface area (TPSA) is 59.2 Å². The first-order chi connectivity index (χ1) is 12.5. The maximum absolute atomic E-state index is 12.9. The van der Waals surface area contributed by atoms with Crippen LogP contribution >= 0.6 is 22.9 Å². The second-order valence-corrected chi connectivity index (χ2v) is 7.90. The molecule has 2 heterocycles. The highest BCUT2D eigenvalue weighted by molar-refractivity contribution is 7.12. The lowest BCUT2D eigenvalue weighted by atomic mass is 10.2. The van der Waals surface area contributed by atoms with Crippen molar-refractivity contribution in [3.63, 3.8) is 0 Å². The van der Waals surface area contributed by atoms with Crippen LogP contribution in [0.5, 0.6) is 0 Å². The number of nitrogens with zero attached hydrogens (tertiary/aromatic N) is 3. The van der Waals surface area contributed by atoms with Crippen molar-refractivity contribution in [2.45, 2.75) is 33.7 Å². The average molecular weight is 390 g/mol. The molecule has 1 aromatic carbocycles. The van der Waals surface area contributed by atoms with Gasteiger partial charge in [0.1, 0.15) is 0 Å². The Balaban J connectivity index is 1.82. The normalized spacial score (nSPS) is 10.9. The lowest BCUT2D eigenvalue weighted by Gasteiger charge is -2.20. The molecule has 0 radical (unpaired) electrons. The first-order valence-electron chi connectivity index (χ1n) is 8.43. The summed E-state index contributed by atoms with van der Waals surface area (Å²) in [6.45, 7) is 6.91. The number of carbonyl (C=O) groups is 1. The minimum atomic E-state index is -0.00815. The Morgan fingerprint density at radius 2 is 2.04 bits per heavy atom. The molecule has 3 rings (SSSR count). The molecule has 0 fully saturated rings. The number of carbonyl (C=O) groups excluding carboxylic acids is 1. The molecular formula is C19H20ClN3O2S. The van der Waals surface area contributed by atoms with E-state index in [9.17, 15) is 4.79 Å². The Labute approximate surface area is 161 Å². The van der Waals surface area contributed by atoms with Gasteiger partial charge in [-0.1, -0.05) is 30.7 Å². The van der Waals surface area contributed by atoms with Crippen molar-refractivity contribution in [1.29, 1.82) is 0 Å². The Kier molecular flexibility index (Phi) is 5.74. The Morgan fingerprint density at radius 3 is 2.69 bits per heavy atom. The second-order valence-electron chi connectivity index (χ2n) is 6.03. The fourth-order valence-corrected chi connectivity index (χ4v) is 3.89. The molecule has 0 atom stereocenters.